The Labute approximate surface area is 157 Å². The molecule has 0 aliphatic heterocycles. The van der Waals surface area contributed by atoms with Crippen molar-refractivity contribution in [2.75, 3.05) is 0 Å². The molecule has 0 unspecified atom stereocenters. The molecule has 1 saturated carbocycles. The summed E-state index contributed by atoms with van der Waals surface area (Å²) in [5.74, 6) is 0.189. The first-order valence-corrected chi connectivity index (χ1v) is 9.74. The number of hydrogen-bond donors (Lipinski definition) is 2. The number of amides is 1. The van der Waals surface area contributed by atoms with Crippen LogP contribution in [0.3, 0.4) is 0 Å². The number of hydrogen-bond acceptors (Lipinski definition) is 5. The van der Waals surface area contributed by atoms with E-state index in [0.29, 0.717) is 18.1 Å². The quantitative estimate of drug-likeness (QED) is 0.377. The van der Waals surface area contributed by atoms with Crippen LogP contribution in [0.2, 0.25) is 0 Å². The maximum Gasteiger partial charge on any atom is 0.408 e. The van der Waals surface area contributed by atoms with Crippen LogP contribution in [0.5, 0.6) is 0 Å². The van der Waals surface area contributed by atoms with E-state index < -0.39 is 17.7 Å². The van der Waals surface area contributed by atoms with Crippen molar-refractivity contribution in [3.05, 3.63) is 0 Å². The van der Waals surface area contributed by atoms with Crippen molar-refractivity contribution in [3.8, 4) is 0 Å². The average molecular weight is 368 g/mol. The van der Waals surface area contributed by atoms with Gasteiger partial charge in [0.05, 0.1) is 11.8 Å². The second-order valence-electron chi connectivity index (χ2n) is 8.70. The summed E-state index contributed by atoms with van der Waals surface area (Å²) >= 11 is 0. The summed E-state index contributed by atoms with van der Waals surface area (Å²) in [7, 11) is 0. The molecule has 0 aromatic rings. The Bertz CT molecular complexity index is 477. The molecule has 1 amide bonds. The zero-order valence-electron chi connectivity index (χ0n) is 16.9. The molecule has 0 aromatic heterocycles. The molecule has 0 spiro atoms. The average Bonchev–Trinajstić information content (AvgIpc) is 2.54. The topological polar surface area (TPSA) is 88.0 Å². The number of ether oxygens (including phenoxy) is 1. The SMILES string of the molecule is CC(C)[C@@H]([C]=O)CC(=NO)[C@H](CC1CCCCC1)NC(=O)OC(C)(C)C. The van der Waals surface area contributed by atoms with Crippen molar-refractivity contribution in [1.29, 1.82) is 0 Å². The predicted molar refractivity (Wildman–Crippen MR) is 102 cm³/mol. The molecule has 1 radical (unpaired) electrons. The van der Waals surface area contributed by atoms with Gasteiger partial charge in [0.15, 0.2) is 0 Å². The van der Waals surface area contributed by atoms with Gasteiger partial charge in [-0.3, -0.25) is 4.79 Å². The predicted octanol–water partition coefficient (Wildman–Crippen LogP) is 4.45. The van der Waals surface area contributed by atoms with Crippen LogP contribution in [0.25, 0.3) is 0 Å². The highest BCUT2D eigenvalue weighted by Crippen LogP contribution is 2.28. The minimum Gasteiger partial charge on any atom is -0.444 e. The lowest BCUT2D eigenvalue weighted by Gasteiger charge is -2.29. The van der Waals surface area contributed by atoms with Gasteiger partial charge in [0.1, 0.15) is 5.60 Å². The molecule has 1 fully saturated rings. The van der Waals surface area contributed by atoms with E-state index in [1.807, 2.05) is 20.1 Å². The monoisotopic (exact) mass is 367 g/mol. The van der Waals surface area contributed by atoms with Crippen molar-refractivity contribution in [2.24, 2.45) is 22.9 Å². The summed E-state index contributed by atoms with van der Waals surface area (Å²) in [6, 6.07) is -0.437. The van der Waals surface area contributed by atoms with Crippen molar-refractivity contribution in [3.63, 3.8) is 0 Å². The van der Waals surface area contributed by atoms with Crippen LogP contribution in [0.15, 0.2) is 5.16 Å². The van der Waals surface area contributed by atoms with Gasteiger partial charge in [0.2, 0.25) is 6.29 Å². The normalized spacial score (nSPS) is 19.1. The Hall–Kier alpha value is -1.59. The third-order valence-electron chi connectivity index (χ3n) is 4.90. The van der Waals surface area contributed by atoms with Crippen molar-refractivity contribution < 1.29 is 19.5 Å². The lowest BCUT2D eigenvalue weighted by atomic mass is 9.82. The van der Waals surface area contributed by atoms with E-state index in [-0.39, 0.29) is 18.3 Å². The summed E-state index contributed by atoms with van der Waals surface area (Å²) in [5.41, 5.74) is -0.184. The first kappa shape index (κ1) is 22.5. The van der Waals surface area contributed by atoms with Crippen molar-refractivity contribution in [2.45, 2.75) is 91.2 Å². The molecule has 6 nitrogen and oxygen atoms in total. The highest BCUT2D eigenvalue weighted by Gasteiger charge is 2.29. The minimum atomic E-state index is -0.604. The van der Waals surface area contributed by atoms with Crippen LogP contribution in [0.4, 0.5) is 4.79 Å². The second-order valence-corrected chi connectivity index (χ2v) is 8.70. The lowest BCUT2D eigenvalue weighted by molar-refractivity contribution is 0.0510. The van der Waals surface area contributed by atoms with E-state index in [1.165, 1.54) is 19.3 Å². The molecule has 149 valence electrons. The molecular formula is C20H35N2O4. The third kappa shape index (κ3) is 8.19. The Morgan fingerprint density at radius 3 is 2.35 bits per heavy atom. The second kappa shape index (κ2) is 10.5. The van der Waals surface area contributed by atoms with Gasteiger partial charge in [-0.2, -0.15) is 0 Å². The largest absolute Gasteiger partial charge is 0.444 e. The number of carbonyl (C=O) groups is 1. The van der Waals surface area contributed by atoms with Gasteiger partial charge < -0.3 is 15.3 Å². The first-order valence-electron chi connectivity index (χ1n) is 9.74. The Morgan fingerprint density at radius 1 is 1.27 bits per heavy atom. The molecule has 0 heterocycles. The van der Waals surface area contributed by atoms with Crippen molar-refractivity contribution >= 4 is 18.1 Å². The molecule has 0 bridgehead atoms. The first-order chi connectivity index (χ1) is 12.2. The van der Waals surface area contributed by atoms with Gasteiger partial charge in [-0.15, -0.1) is 0 Å². The number of rotatable bonds is 8. The Kier molecular flexibility index (Phi) is 9.09. The molecule has 1 rings (SSSR count). The van der Waals surface area contributed by atoms with Gasteiger partial charge in [-0.25, -0.2) is 4.79 Å². The fraction of sp³-hybridized carbons (Fsp3) is 0.850. The fourth-order valence-corrected chi connectivity index (χ4v) is 3.38. The Morgan fingerprint density at radius 2 is 1.88 bits per heavy atom. The molecule has 1 aliphatic carbocycles. The minimum absolute atomic E-state index is 0.0844. The number of carbonyl (C=O) groups excluding carboxylic acids is 2. The highest BCUT2D eigenvalue weighted by atomic mass is 16.6. The van der Waals surface area contributed by atoms with Gasteiger partial charge in [-0.05, 0) is 39.0 Å². The maximum absolute atomic E-state index is 12.3. The van der Waals surface area contributed by atoms with Gasteiger partial charge in [0, 0.05) is 12.3 Å². The summed E-state index contributed by atoms with van der Waals surface area (Å²) in [6.45, 7) is 9.28. The number of nitrogens with zero attached hydrogens (tertiary/aromatic N) is 1. The standard InChI is InChI=1S/C20H35N2O4/c1-14(2)16(13-23)12-18(22-25)17(11-15-9-7-6-8-10-15)21-19(24)26-20(3,4)5/h14-17,25H,6-12H2,1-5H3,(H,21,24)/t16-,17+/m1/s1. The van der Waals surface area contributed by atoms with Crippen LogP contribution >= 0.6 is 0 Å². The molecular weight excluding hydrogens is 332 g/mol. The smallest absolute Gasteiger partial charge is 0.408 e. The molecule has 0 saturated heterocycles. The van der Waals surface area contributed by atoms with E-state index in [0.717, 1.165) is 12.8 Å². The number of oxime groups is 1. The summed E-state index contributed by atoms with van der Waals surface area (Å²) in [4.78, 5) is 23.5. The summed E-state index contributed by atoms with van der Waals surface area (Å²) in [5, 5.41) is 15.9. The highest BCUT2D eigenvalue weighted by molar-refractivity contribution is 5.93. The lowest BCUT2D eigenvalue weighted by Crippen LogP contribution is -2.45. The summed E-state index contributed by atoms with van der Waals surface area (Å²) in [6.07, 6.45) is 8.32. The van der Waals surface area contributed by atoms with E-state index >= 15 is 0 Å². The number of alkyl carbamates (subject to hydrolysis) is 1. The summed E-state index contributed by atoms with van der Waals surface area (Å²) < 4.78 is 5.37. The number of nitrogens with one attached hydrogen (secondary N) is 1. The molecule has 2 N–H and O–H groups in total. The zero-order chi connectivity index (χ0) is 19.7. The Balaban J connectivity index is 2.88. The van der Waals surface area contributed by atoms with Crippen molar-refractivity contribution in [1.82, 2.24) is 5.32 Å². The van der Waals surface area contributed by atoms with E-state index in [1.54, 1.807) is 20.8 Å². The molecule has 6 heteroatoms. The van der Waals surface area contributed by atoms with Crippen LogP contribution in [0, 0.1) is 17.8 Å². The fourth-order valence-electron chi connectivity index (χ4n) is 3.38. The van der Waals surface area contributed by atoms with E-state index in [9.17, 15) is 14.8 Å². The van der Waals surface area contributed by atoms with Gasteiger partial charge in [-0.1, -0.05) is 51.1 Å². The molecule has 0 aromatic carbocycles. The maximum atomic E-state index is 12.3. The van der Waals surface area contributed by atoms with Gasteiger partial charge in [0.25, 0.3) is 0 Å². The van der Waals surface area contributed by atoms with Crippen LogP contribution in [-0.2, 0) is 9.53 Å². The molecule has 2 atom stereocenters. The molecule has 1 aliphatic rings. The third-order valence-corrected chi connectivity index (χ3v) is 4.90. The van der Waals surface area contributed by atoms with Crippen LogP contribution in [0.1, 0.15) is 79.6 Å². The van der Waals surface area contributed by atoms with E-state index in [2.05, 4.69) is 10.5 Å². The zero-order valence-corrected chi connectivity index (χ0v) is 16.9. The van der Waals surface area contributed by atoms with E-state index in [4.69, 9.17) is 4.74 Å². The van der Waals surface area contributed by atoms with Gasteiger partial charge >= 0.3 is 6.09 Å². The van der Waals surface area contributed by atoms with Crippen LogP contribution < -0.4 is 5.32 Å². The molecule has 26 heavy (non-hydrogen) atoms. The van der Waals surface area contributed by atoms with Crippen LogP contribution in [-0.4, -0.2) is 34.9 Å².